The molecule has 1 aliphatic heterocycles. The zero-order chi connectivity index (χ0) is 12.0. The summed E-state index contributed by atoms with van der Waals surface area (Å²) in [5, 5.41) is 0. The van der Waals surface area contributed by atoms with Gasteiger partial charge in [0.1, 0.15) is 5.82 Å². The van der Waals surface area contributed by atoms with Gasteiger partial charge in [-0.3, -0.25) is 4.99 Å². The first-order valence-electron chi connectivity index (χ1n) is 5.97. The van der Waals surface area contributed by atoms with E-state index < -0.39 is 5.54 Å². The number of hydrogen-bond acceptors (Lipinski definition) is 3. The van der Waals surface area contributed by atoms with E-state index in [2.05, 4.69) is 9.89 Å². The first kappa shape index (κ1) is 10.6. The molecule has 1 aromatic carbocycles. The molecule has 1 fully saturated rings. The lowest BCUT2D eigenvalue weighted by molar-refractivity contribution is 0.210. The summed E-state index contributed by atoms with van der Waals surface area (Å²) in [6, 6.07) is 7.34. The molecule has 0 amide bonds. The summed E-state index contributed by atoms with van der Waals surface area (Å²) in [5.41, 5.74) is 6.21. The number of rotatable bonds is 2. The Balaban J connectivity index is 2.04. The molecule has 1 aromatic rings. The molecule has 2 aliphatic rings. The average molecular weight is 233 g/mol. The Labute approximate surface area is 100 Å². The van der Waals surface area contributed by atoms with E-state index in [1.54, 1.807) is 6.07 Å². The highest BCUT2D eigenvalue weighted by Crippen LogP contribution is 2.41. The van der Waals surface area contributed by atoms with Crippen LogP contribution in [0.5, 0.6) is 0 Å². The first-order valence-corrected chi connectivity index (χ1v) is 5.97. The second-order valence-corrected chi connectivity index (χ2v) is 5.03. The molecular weight excluding hydrogens is 217 g/mol. The van der Waals surface area contributed by atoms with Gasteiger partial charge in [0.15, 0.2) is 5.96 Å². The van der Waals surface area contributed by atoms with E-state index in [4.69, 9.17) is 5.73 Å². The Morgan fingerprint density at radius 2 is 2.12 bits per heavy atom. The second-order valence-electron chi connectivity index (χ2n) is 5.03. The quantitative estimate of drug-likeness (QED) is 0.846. The Kier molecular flexibility index (Phi) is 2.15. The number of nitrogens with zero attached hydrogens (tertiary/aromatic N) is 2. The highest BCUT2D eigenvalue weighted by molar-refractivity contribution is 5.82. The summed E-state index contributed by atoms with van der Waals surface area (Å²) in [6.07, 6.45) is 2.25. The van der Waals surface area contributed by atoms with E-state index in [1.807, 2.05) is 19.1 Å². The van der Waals surface area contributed by atoms with Crippen molar-refractivity contribution in [3.63, 3.8) is 0 Å². The summed E-state index contributed by atoms with van der Waals surface area (Å²) < 4.78 is 14.0. The third-order valence-electron chi connectivity index (χ3n) is 3.69. The molecule has 0 bridgehead atoms. The van der Waals surface area contributed by atoms with Gasteiger partial charge in [0, 0.05) is 11.6 Å². The lowest BCUT2D eigenvalue weighted by Crippen LogP contribution is -2.49. The summed E-state index contributed by atoms with van der Waals surface area (Å²) in [6.45, 7) is 2.56. The van der Waals surface area contributed by atoms with Crippen LogP contribution in [0.4, 0.5) is 4.39 Å². The van der Waals surface area contributed by atoms with Crippen molar-refractivity contribution in [2.75, 3.05) is 6.54 Å². The number of nitrogens with two attached hydrogens (primary N) is 1. The Morgan fingerprint density at radius 3 is 2.76 bits per heavy atom. The largest absolute Gasteiger partial charge is 0.370 e. The van der Waals surface area contributed by atoms with Gasteiger partial charge in [-0.1, -0.05) is 18.2 Å². The molecule has 3 rings (SSSR count). The molecule has 1 heterocycles. The van der Waals surface area contributed by atoms with Gasteiger partial charge in [-0.25, -0.2) is 4.39 Å². The van der Waals surface area contributed by atoms with Crippen molar-refractivity contribution in [3.8, 4) is 0 Å². The third-order valence-corrected chi connectivity index (χ3v) is 3.69. The fourth-order valence-corrected chi connectivity index (χ4v) is 2.68. The predicted molar refractivity (Wildman–Crippen MR) is 65.1 cm³/mol. The van der Waals surface area contributed by atoms with Crippen molar-refractivity contribution in [2.45, 2.75) is 31.3 Å². The van der Waals surface area contributed by atoms with Gasteiger partial charge in [0.25, 0.3) is 0 Å². The maximum Gasteiger partial charge on any atom is 0.192 e. The molecule has 0 saturated heterocycles. The zero-order valence-electron chi connectivity index (χ0n) is 9.86. The summed E-state index contributed by atoms with van der Waals surface area (Å²) in [7, 11) is 0. The van der Waals surface area contributed by atoms with Gasteiger partial charge in [-0.2, -0.15) is 0 Å². The van der Waals surface area contributed by atoms with E-state index in [0.717, 1.165) is 12.8 Å². The predicted octanol–water partition coefficient (Wildman–Crippen LogP) is 1.83. The summed E-state index contributed by atoms with van der Waals surface area (Å²) in [5.74, 6) is 0.379. The van der Waals surface area contributed by atoms with Crippen molar-refractivity contribution in [2.24, 2.45) is 10.7 Å². The topological polar surface area (TPSA) is 41.6 Å². The molecule has 0 radical (unpaired) electrons. The lowest BCUT2D eigenvalue weighted by Gasteiger charge is -2.37. The van der Waals surface area contributed by atoms with Crippen molar-refractivity contribution >= 4 is 5.96 Å². The molecule has 1 unspecified atom stereocenters. The maximum absolute atomic E-state index is 14.0. The van der Waals surface area contributed by atoms with Crippen LogP contribution in [0.3, 0.4) is 0 Å². The average Bonchev–Trinajstić information content (AvgIpc) is 3.07. The summed E-state index contributed by atoms with van der Waals surface area (Å²) >= 11 is 0. The highest BCUT2D eigenvalue weighted by Gasteiger charge is 2.47. The molecular formula is C13H16FN3. The monoisotopic (exact) mass is 233 g/mol. The maximum atomic E-state index is 14.0. The molecule has 1 aliphatic carbocycles. The fraction of sp³-hybridized carbons (Fsp3) is 0.462. The van der Waals surface area contributed by atoms with Gasteiger partial charge in [0.05, 0.1) is 12.1 Å². The number of benzene rings is 1. The van der Waals surface area contributed by atoms with Crippen LogP contribution in [0.15, 0.2) is 29.3 Å². The summed E-state index contributed by atoms with van der Waals surface area (Å²) in [4.78, 5) is 6.39. The molecule has 0 aromatic heterocycles. The van der Waals surface area contributed by atoms with Crippen LogP contribution < -0.4 is 5.73 Å². The van der Waals surface area contributed by atoms with Gasteiger partial charge < -0.3 is 10.6 Å². The van der Waals surface area contributed by atoms with Crippen molar-refractivity contribution in [1.29, 1.82) is 0 Å². The molecule has 17 heavy (non-hydrogen) atoms. The van der Waals surface area contributed by atoms with Gasteiger partial charge in [0.2, 0.25) is 0 Å². The molecule has 0 spiro atoms. The molecule has 2 N–H and O–H groups in total. The first-order chi connectivity index (χ1) is 8.13. The highest BCUT2D eigenvalue weighted by atomic mass is 19.1. The lowest BCUT2D eigenvalue weighted by atomic mass is 9.90. The van der Waals surface area contributed by atoms with Crippen molar-refractivity contribution in [3.05, 3.63) is 35.6 Å². The molecule has 3 nitrogen and oxygen atoms in total. The van der Waals surface area contributed by atoms with Crippen LogP contribution in [0, 0.1) is 5.82 Å². The molecule has 4 heteroatoms. The van der Waals surface area contributed by atoms with E-state index in [1.165, 1.54) is 6.07 Å². The standard InChI is InChI=1S/C13H16FN3/c1-13(10-4-2-3-5-11(10)14)8-16-12(15)17(13)9-6-7-9/h2-5,9H,6-8H2,1H3,(H2,15,16). The van der Waals surface area contributed by atoms with E-state index in [9.17, 15) is 4.39 Å². The van der Waals surface area contributed by atoms with Gasteiger partial charge in [-0.15, -0.1) is 0 Å². The number of hydrogen-bond donors (Lipinski definition) is 1. The van der Waals surface area contributed by atoms with Crippen LogP contribution in [-0.2, 0) is 5.54 Å². The molecule has 1 atom stereocenters. The minimum atomic E-state index is -0.420. The van der Waals surface area contributed by atoms with E-state index >= 15 is 0 Å². The SMILES string of the molecule is CC1(c2ccccc2F)CN=C(N)N1C1CC1. The van der Waals surface area contributed by atoms with Crippen molar-refractivity contribution < 1.29 is 4.39 Å². The number of aliphatic imine (C=N–C) groups is 1. The zero-order valence-corrected chi connectivity index (χ0v) is 9.86. The Hall–Kier alpha value is -1.58. The number of halogens is 1. The normalized spacial score (nSPS) is 28.4. The number of guanidine groups is 1. The van der Waals surface area contributed by atoms with Crippen molar-refractivity contribution in [1.82, 2.24) is 4.90 Å². The van der Waals surface area contributed by atoms with Crippen LogP contribution in [-0.4, -0.2) is 23.4 Å². The minimum absolute atomic E-state index is 0.175. The Bertz CT molecular complexity index is 481. The minimum Gasteiger partial charge on any atom is -0.370 e. The second kappa shape index (κ2) is 3.45. The van der Waals surface area contributed by atoms with Gasteiger partial charge >= 0.3 is 0 Å². The fourth-order valence-electron chi connectivity index (χ4n) is 2.68. The van der Waals surface area contributed by atoms with Crippen LogP contribution >= 0.6 is 0 Å². The van der Waals surface area contributed by atoms with Crippen LogP contribution in [0.1, 0.15) is 25.3 Å². The molecule has 90 valence electrons. The van der Waals surface area contributed by atoms with Crippen LogP contribution in [0.25, 0.3) is 0 Å². The van der Waals surface area contributed by atoms with Gasteiger partial charge in [-0.05, 0) is 25.8 Å². The third kappa shape index (κ3) is 1.51. The van der Waals surface area contributed by atoms with E-state index in [0.29, 0.717) is 24.1 Å². The molecule has 1 saturated carbocycles. The van der Waals surface area contributed by atoms with Crippen LogP contribution in [0.2, 0.25) is 0 Å². The Morgan fingerprint density at radius 1 is 1.41 bits per heavy atom. The smallest absolute Gasteiger partial charge is 0.192 e. The van der Waals surface area contributed by atoms with E-state index in [-0.39, 0.29) is 5.82 Å².